The Morgan fingerprint density at radius 3 is 2.75 bits per heavy atom. The molecule has 0 aliphatic rings. The van der Waals surface area contributed by atoms with Crippen LogP contribution in [0.1, 0.15) is 23.0 Å². The first-order valence-corrected chi connectivity index (χ1v) is 9.01. The van der Waals surface area contributed by atoms with Gasteiger partial charge in [0.05, 0.1) is 5.69 Å². The number of halogens is 1. The van der Waals surface area contributed by atoms with Gasteiger partial charge < -0.3 is 15.2 Å². The zero-order valence-electron chi connectivity index (χ0n) is 15.8. The van der Waals surface area contributed by atoms with Crippen LogP contribution in [0.4, 0.5) is 10.1 Å². The number of nitrogens with zero attached hydrogens (tertiary/aromatic N) is 1. The molecule has 2 aromatic carbocycles. The summed E-state index contributed by atoms with van der Waals surface area (Å²) >= 11 is 0. The summed E-state index contributed by atoms with van der Waals surface area (Å²) in [5.74, 6) is -0.811. The summed E-state index contributed by atoms with van der Waals surface area (Å²) in [4.78, 5) is 23.3. The van der Waals surface area contributed by atoms with Crippen molar-refractivity contribution in [2.45, 2.75) is 20.4 Å². The summed E-state index contributed by atoms with van der Waals surface area (Å²) in [7, 11) is 0. The number of amides is 1. The summed E-state index contributed by atoms with van der Waals surface area (Å²) in [6, 6.07) is 14.4. The fourth-order valence-corrected chi connectivity index (χ4v) is 3.10. The number of anilines is 1. The third-order valence-corrected chi connectivity index (χ3v) is 4.60. The van der Waals surface area contributed by atoms with E-state index in [2.05, 4.69) is 33.4 Å². The molecule has 0 radical (unpaired) electrons. The minimum atomic E-state index is -0.552. The van der Waals surface area contributed by atoms with Crippen LogP contribution in [0.5, 0.6) is 0 Å². The molecule has 0 bridgehead atoms. The Balaban J connectivity index is 1.61. The van der Waals surface area contributed by atoms with E-state index >= 15 is 0 Å². The second-order valence-corrected chi connectivity index (χ2v) is 6.55. The van der Waals surface area contributed by atoms with E-state index in [1.165, 1.54) is 29.8 Å². The monoisotopic (exact) mass is 379 g/mol. The van der Waals surface area contributed by atoms with Gasteiger partial charge in [-0.25, -0.2) is 4.39 Å². The van der Waals surface area contributed by atoms with Crippen molar-refractivity contribution >= 4 is 28.8 Å². The number of fused-ring (bicyclic) bond motifs is 1. The minimum Gasteiger partial charge on any atom is -0.358 e. The van der Waals surface area contributed by atoms with Crippen LogP contribution in [0.15, 0.2) is 60.3 Å². The quantitative estimate of drug-likeness (QED) is 0.481. The van der Waals surface area contributed by atoms with Gasteiger partial charge in [0.15, 0.2) is 6.29 Å². The Labute approximate surface area is 162 Å². The number of rotatable bonds is 7. The molecular weight excluding hydrogens is 357 g/mol. The Kier molecular flexibility index (Phi) is 5.89. The highest BCUT2D eigenvalue weighted by Gasteiger charge is 2.09. The van der Waals surface area contributed by atoms with Crippen LogP contribution in [0.25, 0.3) is 10.9 Å². The fourth-order valence-electron chi connectivity index (χ4n) is 3.10. The molecule has 0 fully saturated rings. The van der Waals surface area contributed by atoms with E-state index in [-0.39, 0.29) is 17.2 Å². The highest BCUT2D eigenvalue weighted by Crippen LogP contribution is 2.19. The van der Waals surface area contributed by atoms with Crippen LogP contribution < -0.4 is 10.6 Å². The molecule has 0 saturated carbocycles. The number of carbonyl (C=O) groups excluding carboxylic acids is 2. The smallest absolute Gasteiger partial charge is 0.248 e. The van der Waals surface area contributed by atoms with Crippen molar-refractivity contribution < 1.29 is 14.0 Å². The SMILES string of the molecule is C/C(=C\Nc1c(F)cccc1C=O)C(=O)NCCn1c(C)cc2ccccc21. The van der Waals surface area contributed by atoms with E-state index in [1.54, 1.807) is 6.92 Å². The van der Waals surface area contributed by atoms with Gasteiger partial charge in [-0.15, -0.1) is 0 Å². The maximum absolute atomic E-state index is 13.9. The maximum atomic E-state index is 13.9. The third kappa shape index (κ3) is 4.11. The molecule has 0 saturated heterocycles. The summed E-state index contributed by atoms with van der Waals surface area (Å²) in [5.41, 5.74) is 2.89. The topological polar surface area (TPSA) is 63.1 Å². The van der Waals surface area contributed by atoms with E-state index in [9.17, 15) is 14.0 Å². The number of para-hydroxylation sites is 2. The molecule has 28 heavy (non-hydrogen) atoms. The first-order chi connectivity index (χ1) is 13.5. The molecule has 2 N–H and O–H groups in total. The van der Waals surface area contributed by atoms with Crippen molar-refractivity contribution in [3.63, 3.8) is 0 Å². The molecule has 1 aromatic heterocycles. The fraction of sp³-hybridized carbons (Fsp3) is 0.182. The summed E-state index contributed by atoms with van der Waals surface area (Å²) in [5, 5.41) is 6.75. The number of aldehydes is 1. The van der Waals surface area contributed by atoms with Gasteiger partial charge in [0.1, 0.15) is 5.82 Å². The molecule has 0 atom stereocenters. The van der Waals surface area contributed by atoms with Crippen molar-refractivity contribution in [1.82, 2.24) is 9.88 Å². The van der Waals surface area contributed by atoms with E-state index < -0.39 is 5.82 Å². The van der Waals surface area contributed by atoms with Gasteiger partial charge in [0, 0.05) is 41.6 Å². The van der Waals surface area contributed by atoms with Gasteiger partial charge in [0.2, 0.25) is 5.91 Å². The predicted octanol–water partition coefficient (Wildman–Crippen LogP) is 4.03. The molecule has 3 aromatic rings. The summed E-state index contributed by atoms with van der Waals surface area (Å²) in [6.07, 6.45) is 1.97. The van der Waals surface area contributed by atoms with Crippen molar-refractivity contribution in [1.29, 1.82) is 0 Å². The van der Waals surface area contributed by atoms with Gasteiger partial charge in [-0.05, 0) is 43.5 Å². The molecule has 0 aliphatic carbocycles. The lowest BCUT2D eigenvalue weighted by Gasteiger charge is -2.11. The average molecular weight is 379 g/mol. The lowest BCUT2D eigenvalue weighted by molar-refractivity contribution is -0.117. The standard InChI is InChI=1S/C22H22FN3O2/c1-15(13-25-21-18(14-27)7-5-8-19(21)23)22(28)24-10-11-26-16(2)12-17-6-3-4-9-20(17)26/h3-9,12-14,25H,10-11H2,1-2H3,(H,24,28)/b15-13+. The molecule has 0 unspecified atom stereocenters. The molecule has 1 heterocycles. The van der Waals surface area contributed by atoms with Gasteiger partial charge >= 0.3 is 0 Å². The zero-order chi connectivity index (χ0) is 20.1. The normalized spacial score (nSPS) is 11.5. The summed E-state index contributed by atoms with van der Waals surface area (Å²) < 4.78 is 16.0. The zero-order valence-corrected chi connectivity index (χ0v) is 15.8. The predicted molar refractivity (Wildman–Crippen MR) is 109 cm³/mol. The molecule has 5 nitrogen and oxygen atoms in total. The first-order valence-electron chi connectivity index (χ1n) is 9.01. The summed E-state index contributed by atoms with van der Waals surface area (Å²) in [6.45, 7) is 4.77. The van der Waals surface area contributed by atoms with Gasteiger partial charge in [-0.2, -0.15) is 0 Å². The Morgan fingerprint density at radius 1 is 1.18 bits per heavy atom. The Morgan fingerprint density at radius 2 is 1.96 bits per heavy atom. The highest BCUT2D eigenvalue weighted by atomic mass is 19.1. The third-order valence-electron chi connectivity index (χ3n) is 4.60. The van der Waals surface area contributed by atoms with Gasteiger partial charge in [-0.1, -0.05) is 24.3 Å². The number of benzene rings is 2. The maximum Gasteiger partial charge on any atom is 0.248 e. The average Bonchev–Trinajstić information content (AvgIpc) is 3.01. The van der Waals surface area contributed by atoms with Gasteiger partial charge in [-0.3, -0.25) is 9.59 Å². The van der Waals surface area contributed by atoms with Crippen LogP contribution >= 0.6 is 0 Å². The van der Waals surface area contributed by atoms with Crippen molar-refractivity contribution in [3.05, 3.63) is 77.4 Å². The lowest BCUT2D eigenvalue weighted by atomic mass is 10.2. The second-order valence-electron chi connectivity index (χ2n) is 6.55. The van der Waals surface area contributed by atoms with Crippen LogP contribution in [0.2, 0.25) is 0 Å². The molecule has 3 rings (SSSR count). The molecule has 144 valence electrons. The first kappa shape index (κ1) is 19.4. The number of hydrogen-bond acceptors (Lipinski definition) is 3. The minimum absolute atomic E-state index is 0.0547. The largest absolute Gasteiger partial charge is 0.358 e. The molecule has 1 amide bonds. The van der Waals surface area contributed by atoms with Crippen LogP contribution in [-0.4, -0.2) is 23.3 Å². The van der Waals surface area contributed by atoms with E-state index in [4.69, 9.17) is 0 Å². The van der Waals surface area contributed by atoms with E-state index in [0.29, 0.717) is 24.9 Å². The number of aromatic nitrogens is 1. The second kappa shape index (κ2) is 8.52. The van der Waals surface area contributed by atoms with Crippen molar-refractivity contribution in [2.24, 2.45) is 0 Å². The number of aryl methyl sites for hydroxylation is 1. The van der Waals surface area contributed by atoms with Crippen molar-refractivity contribution in [2.75, 3.05) is 11.9 Å². The number of carbonyl (C=O) groups is 2. The molecule has 0 aliphatic heterocycles. The number of hydrogen-bond donors (Lipinski definition) is 2. The lowest BCUT2D eigenvalue weighted by Crippen LogP contribution is -2.28. The molecule has 6 heteroatoms. The van der Waals surface area contributed by atoms with Crippen LogP contribution in [0, 0.1) is 12.7 Å². The Hall–Kier alpha value is -3.41. The Bertz CT molecular complexity index is 1050. The van der Waals surface area contributed by atoms with E-state index in [0.717, 1.165) is 11.2 Å². The van der Waals surface area contributed by atoms with Gasteiger partial charge in [0.25, 0.3) is 0 Å². The molecular formula is C22H22FN3O2. The highest BCUT2D eigenvalue weighted by molar-refractivity contribution is 5.93. The number of nitrogens with one attached hydrogen (secondary N) is 2. The van der Waals surface area contributed by atoms with Crippen molar-refractivity contribution in [3.8, 4) is 0 Å². The molecule has 0 spiro atoms. The van der Waals surface area contributed by atoms with Crippen LogP contribution in [0.3, 0.4) is 0 Å². The van der Waals surface area contributed by atoms with E-state index in [1.807, 2.05) is 19.1 Å². The van der Waals surface area contributed by atoms with Crippen LogP contribution in [-0.2, 0) is 11.3 Å².